The standard InChI is InChI=1S/C11H18N6O/c1-11(2,3-6-18)15-9-10-13-4-5-17(10)7-8(14-9)16-12/h4-5,7,16,18H,3,6,12H2,1-2H3,(H,14,15). The Morgan fingerprint density at radius 3 is 2.94 bits per heavy atom. The lowest BCUT2D eigenvalue weighted by atomic mass is 10.0. The van der Waals surface area contributed by atoms with Gasteiger partial charge in [0, 0.05) is 24.5 Å². The van der Waals surface area contributed by atoms with Crippen molar-refractivity contribution in [1.82, 2.24) is 14.4 Å². The molecule has 5 N–H and O–H groups in total. The quantitative estimate of drug-likeness (QED) is 0.457. The second kappa shape index (κ2) is 4.79. The van der Waals surface area contributed by atoms with Gasteiger partial charge in [-0.1, -0.05) is 0 Å². The first kappa shape index (κ1) is 12.6. The molecule has 0 aliphatic heterocycles. The molecule has 2 aromatic heterocycles. The highest BCUT2D eigenvalue weighted by Gasteiger charge is 2.19. The fourth-order valence-corrected chi connectivity index (χ4v) is 1.75. The van der Waals surface area contributed by atoms with Crippen LogP contribution in [0.25, 0.3) is 5.65 Å². The molecule has 0 bridgehead atoms. The van der Waals surface area contributed by atoms with E-state index in [4.69, 9.17) is 10.9 Å². The lowest BCUT2D eigenvalue weighted by Crippen LogP contribution is -2.32. The molecular formula is C11H18N6O. The topological polar surface area (TPSA) is 100 Å². The molecule has 2 aromatic rings. The average molecular weight is 250 g/mol. The third kappa shape index (κ3) is 2.52. The Hall–Kier alpha value is -1.86. The maximum Gasteiger partial charge on any atom is 0.180 e. The third-order valence-electron chi connectivity index (χ3n) is 2.72. The lowest BCUT2D eigenvalue weighted by Gasteiger charge is -2.26. The summed E-state index contributed by atoms with van der Waals surface area (Å²) in [6.07, 6.45) is 5.89. The fraction of sp³-hybridized carbons (Fsp3) is 0.455. The van der Waals surface area contributed by atoms with E-state index in [-0.39, 0.29) is 12.1 Å². The summed E-state index contributed by atoms with van der Waals surface area (Å²) in [5.41, 5.74) is 2.96. The second-order valence-corrected chi connectivity index (χ2v) is 4.76. The minimum Gasteiger partial charge on any atom is -0.396 e. The number of hydrazine groups is 1. The first-order valence-corrected chi connectivity index (χ1v) is 5.75. The normalized spacial score (nSPS) is 11.8. The van der Waals surface area contributed by atoms with Gasteiger partial charge in [0.05, 0.1) is 6.20 Å². The number of hydrogen-bond acceptors (Lipinski definition) is 6. The van der Waals surface area contributed by atoms with Gasteiger partial charge in [0.15, 0.2) is 17.3 Å². The fourth-order valence-electron chi connectivity index (χ4n) is 1.75. The summed E-state index contributed by atoms with van der Waals surface area (Å²) in [7, 11) is 0. The summed E-state index contributed by atoms with van der Waals surface area (Å²) in [5.74, 6) is 6.56. The van der Waals surface area contributed by atoms with Gasteiger partial charge in [-0.25, -0.2) is 15.8 Å². The van der Waals surface area contributed by atoms with Gasteiger partial charge in [-0.3, -0.25) is 0 Å². The van der Waals surface area contributed by atoms with Crippen LogP contribution in [0.15, 0.2) is 18.6 Å². The van der Waals surface area contributed by atoms with Crippen LogP contribution in [-0.2, 0) is 0 Å². The van der Waals surface area contributed by atoms with Crippen molar-refractivity contribution in [3.8, 4) is 0 Å². The van der Waals surface area contributed by atoms with E-state index in [1.807, 2.05) is 24.4 Å². The second-order valence-electron chi connectivity index (χ2n) is 4.76. The van der Waals surface area contributed by atoms with Gasteiger partial charge in [0.25, 0.3) is 0 Å². The number of rotatable bonds is 5. The smallest absolute Gasteiger partial charge is 0.180 e. The van der Waals surface area contributed by atoms with E-state index in [1.54, 1.807) is 12.4 Å². The number of hydrogen-bond donors (Lipinski definition) is 4. The Morgan fingerprint density at radius 1 is 1.50 bits per heavy atom. The Kier molecular flexibility index (Phi) is 3.35. The van der Waals surface area contributed by atoms with Gasteiger partial charge >= 0.3 is 0 Å². The maximum atomic E-state index is 9.04. The summed E-state index contributed by atoms with van der Waals surface area (Å²) in [5, 5.41) is 12.3. The zero-order valence-corrected chi connectivity index (χ0v) is 10.5. The van der Waals surface area contributed by atoms with Crippen molar-refractivity contribution in [3.63, 3.8) is 0 Å². The molecule has 0 saturated heterocycles. The van der Waals surface area contributed by atoms with Crippen LogP contribution in [0.1, 0.15) is 20.3 Å². The van der Waals surface area contributed by atoms with Crippen molar-refractivity contribution in [2.24, 2.45) is 5.84 Å². The van der Waals surface area contributed by atoms with Gasteiger partial charge in [-0.2, -0.15) is 0 Å². The molecule has 0 atom stereocenters. The number of aromatic nitrogens is 3. The Labute approximate surface area is 105 Å². The highest BCUT2D eigenvalue weighted by atomic mass is 16.3. The predicted molar refractivity (Wildman–Crippen MR) is 70.2 cm³/mol. The number of nitrogens with two attached hydrogens (primary N) is 1. The summed E-state index contributed by atoms with van der Waals surface area (Å²) < 4.78 is 1.83. The number of aliphatic hydroxyl groups excluding tert-OH is 1. The summed E-state index contributed by atoms with van der Waals surface area (Å²) in [6, 6.07) is 0. The molecule has 0 amide bonds. The van der Waals surface area contributed by atoms with Crippen molar-refractivity contribution in [2.75, 3.05) is 17.3 Å². The van der Waals surface area contributed by atoms with Crippen LogP contribution in [-0.4, -0.2) is 31.6 Å². The molecule has 0 saturated carbocycles. The number of nitrogen functional groups attached to an aromatic ring is 1. The summed E-state index contributed by atoms with van der Waals surface area (Å²) in [6.45, 7) is 4.10. The molecule has 0 aliphatic carbocycles. The summed E-state index contributed by atoms with van der Waals surface area (Å²) >= 11 is 0. The molecular weight excluding hydrogens is 232 g/mol. The molecule has 2 heterocycles. The summed E-state index contributed by atoms with van der Waals surface area (Å²) in [4.78, 5) is 8.59. The minimum atomic E-state index is -0.276. The number of nitrogens with zero attached hydrogens (tertiary/aromatic N) is 3. The molecule has 0 spiro atoms. The molecule has 98 valence electrons. The monoisotopic (exact) mass is 250 g/mol. The van der Waals surface area contributed by atoms with Crippen LogP contribution in [0.3, 0.4) is 0 Å². The molecule has 0 aromatic carbocycles. The number of anilines is 2. The SMILES string of the molecule is CC(C)(CCO)Nc1nc(NN)cn2ccnc12. The van der Waals surface area contributed by atoms with Gasteiger partial charge in [0.1, 0.15) is 0 Å². The van der Waals surface area contributed by atoms with Crippen LogP contribution < -0.4 is 16.6 Å². The molecule has 2 rings (SSSR count). The van der Waals surface area contributed by atoms with Gasteiger partial charge in [-0.15, -0.1) is 0 Å². The van der Waals surface area contributed by atoms with Crippen LogP contribution >= 0.6 is 0 Å². The number of fused-ring (bicyclic) bond motifs is 1. The van der Waals surface area contributed by atoms with Crippen LogP contribution in [0.5, 0.6) is 0 Å². The predicted octanol–water partition coefficient (Wildman–Crippen LogP) is 0.588. The van der Waals surface area contributed by atoms with Crippen molar-refractivity contribution in [3.05, 3.63) is 18.6 Å². The average Bonchev–Trinajstić information content (AvgIpc) is 2.76. The van der Waals surface area contributed by atoms with Crippen molar-refractivity contribution < 1.29 is 5.11 Å². The zero-order chi connectivity index (χ0) is 13.2. The maximum absolute atomic E-state index is 9.04. The van der Waals surface area contributed by atoms with Gasteiger partial charge < -0.3 is 20.2 Å². The largest absolute Gasteiger partial charge is 0.396 e. The van der Waals surface area contributed by atoms with E-state index >= 15 is 0 Å². The molecule has 0 fully saturated rings. The minimum absolute atomic E-state index is 0.111. The van der Waals surface area contributed by atoms with Crippen molar-refractivity contribution in [1.29, 1.82) is 0 Å². The Bertz CT molecular complexity index is 535. The molecule has 18 heavy (non-hydrogen) atoms. The number of aliphatic hydroxyl groups is 1. The number of nitrogens with one attached hydrogen (secondary N) is 2. The van der Waals surface area contributed by atoms with Gasteiger partial charge in [-0.05, 0) is 20.3 Å². The van der Waals surface area contributed by atoms with E-state index < -0.39 is 0 Å². The van der Waals surface area contributed by atoms with Crippen LogP contribution in [0.4, 0.5) is 11.6 Å². The number of imidazole rings is 1. The van der Waals surface area contributed by atoms with E-state index in [9.17, 15) is 0 Å². The zero-order valence-electron chi connectivity index (χ0n) is 10.5. The third-order valence-corrected chi connectivity index (χ3v) is 2.72. The molecule has 0 unspecified atom stereocenters. The molecule has 7 heteroatoms. The highest BCUT2D eigenvalue weighted by Crippen LogP contribution is 2.21. The Balaban J connectivity index is 2.39. The van der Waals surface area contributed by atoms with Crippen molar-refractivity contribution in [2.45, 2.75) is 25.8 Å². The molecule has 0 aliphatic rings. The van der Waals surface area contributed by atoms with Crippen LogP contribution in [0, 0.1) is 0 Å². The Morgan fingerprint density at radius 2 is 2.28 bits per heavy atom. The molecule has 7 nitrogen and oxygen atoms in total. The van der Waals surface area contributed by atoms with E-state index in [0.29, 0.717) is 18.1 Å². The first-order valence-electron chi connectivity index (χ1n) is 5.75. The molecule has 0 radical (unpaired) electrons. The van der Waals surface area contributed by atoms with E-state index in [0.717, 1.165) is 5.65 Å². The first-order chi connectivity index (χ1) is 8.55. The van der Waals surface area contributed by atoms with Crippen LogP contribution in [0.2, 0.25) is 0 Å². The highest BCUT2D eigenvalue weighted by molar-refractivity contribution is 5.66. The van der Waals surface area contributed by atoms with E-state index in [1.165, 1.54) is 0 Å². The van der Waals surface area contributed by atoms with Gasteiger partial charge in [0.2, 0.25) is 0 Å². The van der Waals surface area contributed by atoms with E-state index in [2.05, 4.69) is 20.7 Å². The van der Waals surface area contributed by atoms with Crippen molar-refractivity contribution >= 4 is 17.3 Å². The lowest BCUT2D eigenvalue weighted by molar-refractivity contribution is 0.260.